The molecule has 5 aromatic rings. The number of alkyl halides is 2. The van der Waals surface area contributed by atoms with Crippen molar-refractivity contribution in [2.45, 2.75) is 37.3 Å². The molecule has 4 aromatic carbocycles. The Hall–Kier alpha value is -5.05. The number of nitrogens with zero attached hydrogens (tertiary/aromatic N) is 4. The fourth-order valence-corrected chi connectivity index (χ4v) is 9.41. The second kappa shape index (κ2) is 12.3. The Morgan fingerprint density at radius 3 is 2.31 bits per heavy atom. The quantitative estimate of drug-likeness (QED) is 0.0882. The molecule has 0 radical (unpaired) electrons. The number of benzene rings is 4. The van der Waals surface area contributed by atoms with E-state index in [2.05, 4.69) is 79.7 Å². The fourth-order valence-electron chi connectivity index (χ4n) is 7.66. The van der Waals surface area contributed by atoms with Gasteiger partial charge in [0.1, 0.15) is 12.4 Å². The number of hydrogen-bond donors (Lipinski definition) is 3. The molecule has 0 bridgehead atoms. The van der Waals surface area contributed by atoms with Crippen LogP contribution < -0.4 is 51.5 Å². The molecule has 0 saturated carbocycles. The van der Waals surface area contributed by atoms with Gasteiger partial charge in [-0.25, -0.2) is 4.98 Å². The topological polar surface area (TPSA) is 142 Å². The van der Waals surface area contributed by atoms with Crippen molar-refractivity contribution in [2.24, 2.45) is 0 Å². The van der Waals surface area contributed by atoms with Gasteiger partial charge in [-0.15, -0.1) is 0 Å². The summed E-state index contributed by atoms with van der Waals surface area (Å²) >= 11 is 0.234. The Morgan fingerprint density at radius 2 is 1.63 bits per heavy atom. The van der Waals surface area contributed by atoms with Crippen molar-refractivity contribution in [3.63, 3.8) is 0 Å². The molecule has 1 aliphatic carbocycles. The molecule has 3 saturated heterocycles. The molecule has 10 rings (SSSR count). The van der Waals surface area contributed by atoms with E-state index in [0.29, 0.717) is 36.0 Å². The first-order valence-corrected chi connectivity index (χ1v) is 20.5. The van der Waals surface area contributed by atoms with Crippen LogP contribution in [0.1, 0.15) is 56.3 Å². The van der Waals surface area contributed by atoms with E-state index < -0.39 is 5.41 Å². The van der Waals surface area contributed by atoms with Crippen LogP contribution in [0.5, 0.6) is 17.5 Å². The molecular formula is C40H35IN7O4-. The molecule has 3 fully saturated rings. The van der Waals surface area contributed by atoms with E-state index >= 15 is 0 Å². The van der Waals surface area contributed by atoms with Crippen LogP contribution >= 0.6 is 0 Å². The van der Waals surface area contributed by atoms with Crippen molar-refractivity contribution in [2.75, 3.05) is 37.7 Å². The van der Waals surface area contributed by atoms with E-state index in [-0.39, 0.29) is 51.0 Å². The SMILES string of the molecule is N=C1C(=O)c2ccc(C3OC3NCc3ccc(COc4nccc(N)n4)cc3)cc2C12c1ccc(N3CCC3)cc1Oc1cc(N3C[I-]C3)ccc12. The predicted octanol–water partition coefficient (Wildman–Crippen LogP) is 2.52. The van der Waals surface area contributed by atoms with Crippen LogP contribution in [-0.4, -0.2) is 49.9 Å². The third kappa shape index (κ3) is 5.14. The normalized spacial score (nSPS) is 22.4. The van der Waals surface area contributed by atoms with Crippen LogP contribution in [0, 0.1) is 5.41 Å². The number of carbonyl (C=O) groups excluding carboxylic acids is 1. The fraction of sp³-hybridized carbons (Fsp3) is 0.250. The van der Waals surface area contributed by atoms with Crippen LogP contribution in [0.25, 0.3) is 0 Å². The predicted molar refractivity (Wildman–Crippen MR) is 192 cm³/mol. The van der Waals surface area contributed by atoms with Gasteiger partial charge in [-0.1, -0.05) is 24.3 Å². The van der Waals surface area contributed by atoms with Crippen LogP contribution in [0.15, 0.2) is 91.1 Å². The molecule has 1 spiro atoms. The number of nitrogens with one attached hydrogen (secondary N) is 2. The van der Waals surface area contributed by atoms with Gasteiger partial charge in [-0.2, -0.15) is 4.98 Å². The van der Waals surface area contributed by atoms with Crippen LogP contribution in [0.2, 0.25) is 0 Å². The molecule has 5 aliphatic rings. The molecule has 5 heterocycles. The minimum absolute atomic E-state index is 0.0605. The molecule has 4 N–H and O–H groups in total. The standard InChI is InChI=1S/C40H35IN7O4/c42-34-12-13-44-39(46-34)50-20-24-4-2-23(3-5-24)19-45-38-36(52-38)25-6-9-28-31(16-25)40(37(43)35(28)49)29-10-7-26(47-14-1-15-47)17-32(29)51-33-18-27(8-11-30(33)40)48-21-41-22-48/h2-13,16-18,36,38,43,45H,1,14-15,19-22H2,(H2,42,44,46)/q-1. The molecule has 3 unspecified atom stereocenters. The summed E-state index contributed by atoms with van der Waals surface area (Å²) in [5.74, 6) is 1.54. The zero-order valence-electron chi connectivity index (χ0n) is 28.1. The van der Waals surface area contributed by atoms with Gasteiger partial charge >= 0.3 is 220 Å². The molecule has 0 amide bonds. The number of epoxide rings is 1. The first-order valence-electron chi connectivity index (χ1n) is 17.4. The monoisotopic (exact) mass is 804 g/mol. The Labute approximate surface area is 310 Å². The van der Waals surface area contributed by atoms with Gasteiger partial charge in [-0.3, -0.25) is 5.32 Å². The summed E-state index contributed by atoms with van der Waals surface area (Å²) in [6.07, 6.45) is 2.39. The summed E-state index contributed by atoms with van der Waals surface area (Å²) in [6.45, 7) is 2.99. The zero-order valence-corrected chi connectivity index (χ0v) is 30.3. The Bertz CT molecular complexity index is 2210. The first kappa shape index (κ1) is 31.7. The second-order valence-corrected chi connectivity index (χ2v) is 16.2. The van der Waals surface area contributed by atoms with E-state index in [9.17, 15) is 10.2 Å². The summed E-state index contributed by atoms with van der Waals surface area (Å²) in [5, 5.41) is 13.0. The van der Waals surface area contributed by atoms with Crippen molar-refractivity contribution >= 4 is 28.7 Å². The molecule has 4 aliphatic heterocycles. The van der Waals surface area contributed by atoms with Crippen molar-refractivity contribution in [3.8, 4) is 17.5 Å². The van der Waals surface area contributed by atoms with E-state index in [1.54, 1.807) is 12.3 Å². The molecule has 11 nitrogen and oxygen atoms in total. The maximum atomic E-state index is 14.0. The second-order valence-electron chi connectivity index (χ2n) is 13.8. The van der Waals surface area contributed by atoms with Crippen LogP contribution in [0.4, 0.5) is 17.2 Å². The van der Waals surface area contributed by atoms with Gasteiger partial charge in [0.05, 0.1) is 0 Å². The van der Waals surface area contributed by atoms with E-state index in [4.69, 9.17) is 19.9 Å². The molecule has 262 valence electrons. The molecule has 52 heavy (non-hydrogen) atoms. The van der Waals surface area contributed by atoms with Gasteiger partial charge in [-0.05, 0) is 17.2 Å². The van der Waals surface area contributed by atoms with Gasteiger partial charge in [0.25, 0.3) is 0 Å². The number of ether oxygens (including phenoxy) is 3. The van der Waals surface area contributed by atoms with Gasteiger partial charge in [0, 0.05) is 12.7 Å². The Balaban J connectivity index is 0.924. The van der Waals surface area contributed by atoms with Crippen molar-refractivity contribution < 1.29 is 40.2 Å². The van der Waals surface area contributed by atoms with E-state index in [0.717, 1.165) is 66.9 Å². The van der Waals surface area contributed by atoms with Crippen molar-refractivity contribution in [3.05, 3.63) is 130 Å². The number of halogens is 1. The van der Waals surface area contributed by atoms with Crippen molar-refractivity contribution in [1.82, 2.24) is 15.3 Å². The first-order chi connectivity index (χ1) is 25.5. The maximum absolute atomic E-state index is 14.0. The molecule has 3 atom stereocenters. The average Bonchev–Trinajstić information content (AvgIpc) is 3.86. The average molecular weight is 805 g/mol. The number of carbonyl (C=O) groups is 1. The minimum atomic E-state index is -1.08. The molecule has 12 heteroatoms. The van der Waals surface area contributed by atoms with Gasteiger partial charge in [0.2, 0.25) is 0 Å². The third-order valence-electron chi connectivity index (χ3n) is 10.7. The Kier molecular flexibility index (Phi) is 7.48. The Morgan fingerprint density at radius 1 is 0.904 bits per heavy atom. The number of anilines is 3. The summed E-state index contributed by atoms with van der Waals surface area (Å²) in [6, 6.07) is 28.6. The van der Waals surface area contributed by atoms with Crippen molar-refractivity contribution in [1.29, 1.82) is 5.41 Å². The number of nitrogens with two attached hydrogens (primary N) is 1. The number of fused-ring (bicyclic) bond motifs is 6. The summed E-state index contributed by atoms with van der Waals surface area (Å²) in [7, 11) is 0. The number of Topliss-reactive ketones (excluding diaryl/α,β-unsaturated/α-hetero) is 1. The molecular weight excluding hydrogens is 769 g/mol. The number of rotatable bonds is 9. The summed E-state index contributed by atoms with van der Waals surface area (Å²) < 4.78 is 20.8. The van der Waals surface area contributed by atoms with Gasteiger partial charge < -0.3 is 10.5 Å². The number of nitrogen functional groups attached to an aromatic ring is 1. The van der Waals surface area contributed by atoms with Crippen LogP contribution in [0.3, 0.4) is 0 Å². The third-order valence-corrected chi connectivity index (χ3v) is 13.3. The van der Waals surface area contributed by atoms with Crippen LogP contribution in [-0.2, 0) is 23.3 Å². The summed E-state index contributed by atoms with van der Waals surface area (Å²) in [4.78, 5) is 26.9. The van der Waals surface area contributed by atoms with Gasteiger partial charge in [0.15, 0.2) is 0 Å². The number of ketones is 1. The molecule has 1 aromatic heterocycles. The number of aromatic nitrogens is 2. The van der Waals surface area contributed by atoms with E-state index in [1.165, 1.54) is 6.42 Å². The number of hydrogen-bond acceptors (Lipinski definition) is 11. The van der Waals surface area contributed by atoms with E-state index in [1.807, 2.05) is 24.3 Å². The zero-order chi connectivity index (χ0) is 35.0. The summed E-state index contributed by atoms with van der Waals surface area (Å²) in [5.41, 5.74) is 13.1.